The molecule has 0 saturated carbocycles. The molecule has 1 aliphatic rings. The molecule has 0 unspecified atom stereocenters. The predicted octanol–water partition coefficient (Wildman–Crippen LogP) is 1.41. The van der Waals surface area contributed by atoms with Crippen molar-refractivity contribution in [3.63, 3.8) is 0 Å². The maximum Gasteiger partial charge on any atom is 0.247 e. The monoisotopic (exact) mass is 282 g/mol. The van der Waals surface area contributed by atoms with Gasteiger partial charge in [-0.1, -0.05) is 18.2 Å². The molecule has 5 heteroatoms. The van der Waals surface area contributed by atoms with Crippen molar-refractivity contribution >= 4 is 5.91 Å². The fourth-order valence-corrected chi connectivity index (χ4v) is 2.28. The Morgan fingerprint density at radius 3 is 2.81 bits per heavy atom. The lowest BCUT2D eigenvalue weighted by Gasteiger charge is -2.21. The molecule has 1 aromatic heterocycles. The minimum Gasteiger partial charge on any atom is -0.348 e. The van der Waals surface area contributed by atoms with Crippen LogP contribution >= 0.6 is 0 Å². The van der Waals surface area contributed by atoms with Gasteiger partial charge in [0.2, 0.25) is 5.91 Å². The van der Waals surface area contributed by atoms with Gasteiger partial charge in [0.15, 0.2) is 0 Å². The van der Waals surface area contributed by atoms with Crippen molar-refractivity contribution in [2.24, 2.45) is 0 Å². The molecule has 0 aliphatic carbocycles. The Kier molecular flexibility index (Phi) is 3.83. The van der Waals surface area contributed by atoms with Gasteiger partial charge in [-0.3, -0.25) is 4.79 Å². The van der Waals surface area contributed by atoms with Crippen LogP contribution in [0.25, 0.3) is 5.69 Å². The molecule has 0 radical (unpaired) electrons. The van der Waals surface area contributed by atoms with E-state index in [2.05, 4.69) is 15.7 Å². The number of hydrogen-bond acceptors (Lipinski definition) is 3. The van der Waals surface area contributed by atoms with Crippen molar-refractivity contribution < 1.29 is 4.79 Å². The molecular formula is C16H18N4O. The molecule has 0 spiro atoms. The Hall–Kier alpha value is -2.40. The lowest BCUT2D eigenvalue weighted by molar-refractivity contribution is -0.117. The maximum atomic E-state index is 12.1. The van der Waals surface area contributed by atoms with E-state index < -0.39 is 0 Å². The average molecular weight is 282 g/mol. The Labute approximate surface area is 123 Å². The lowest BCUT2D eigenvalue weighted by atomic mass is 10.0. The van der Waals surface area contributed by atoms with E-state index in [1.807, 2.05) is 48.1 Å². The zero-order chi connectivity index (χ0) is 14.7. The molecule has 2 N–H and O–H groups in total. The van der Waals surface area contributed by atoms with Crippen LogP contribution in [-0.4, -0.2) is 28.8 Å². The summed E-state index contributed by atoms with van der Waals surface area (Å²) in [5, 5.41) is 10.4. The first-order valence-electron chi connectivity index (χ1n) is 7.01. The molecule has 1 fully saturated rings. The van der Waals surface area contributed by atoms with Crippen LogP contribution in [0.2, 0.25) is 0 Å². The highest BCUT2D eigenvalue weighted by molar-refractivity contribution is 5.93. The van der Waals surface area contributed by atoms with Gasteiger partial charge in [0.25, 0.3) is 0 Å². The van der Waals surface area contributed by atoms with Crippen LogP contribution in [0.4, 0.5) is 0 Å². The molecule has 1 saturated heterocycles. The molecule has 0 bridgehead atoms. The summed E-state index contributed by atoms with van der Waals surface area (Å²) in [6.45, 7) is 4.02. The summed E-state index contributed by atoms with van der Waals surface area (Å²) in [7, 11) is 0. The minimum atomic E-state index is 0.00164. The van der Waals surface area contributed by atoms with Gasteiger partial charge in [0.05, 0.1) is 5.69 Å². The highest BCUT2D eigenvalue weighted by atomic mass is 16.1. The van der Waals surface area contributed by atoms with Crippen molar-refractivity contribution in [1.82, 2.24) is 20.4 Å². The van der Waals surface area contributed by atoms with Crippen LogP contribution in [0.5, 0.6) is 0 Å². The largest absolute Gasteiger partial charge is 0.348 e. The first-order chi connectivity index (χ1) is 10.3. The fourth-order valence-electron chi connectivity index (χ4n) is 2.28. The van der Waals surface area contributed by atoms with Crippen LogP contribution in [0, 0.1) is 0 Å². The van der Waals surface area contributed by atoms with E-state index in [0.717, 1.165) is 29.9 Å². The van der Waals surface area contributed by atoms with E-state index in [-0.39, 0.29) is 5.91 Å². The zero-order valence-corrected chi connectivity index (χ0v) is 12.0. The van der Waals surface area contributed by atoms with Crippen molar-refractivity contribution in [3.05, 3.63) is 59.4 Å². The fraction of sp³-hybridized carbons (Fsp3) is 0.250. The number of rotatable bonds is 4. The lowest BCUT2D eigenvalue weighted by Crippen LogP contribution is -2.37. The summed E-state index contributed by atoms with van der Waals surface area (Å²) >= 11 is 0. The van der Waals surface area contributed by atoms with Gasteiger partial charge < -0.3 is 10.6 Å². The predicted molar refractivity (Wildman–Crippen MR) is 81.0 cm³/mol. The van der Waals surface area contributed by atoms with Crippen molar-refractivity contribution in [2.75, 3.05) is 13.1 Å². The summed E-state index contributed by atoms with van der Waals surface area (Å²) in [6, 6.07) is 9.82. The standard InChI is InChI=1S/C16H18N4O/c1-12(14-9-17-10-14)16(21)18-11-13-5-2-3-6-15(13)20-8-4-7-19-20/h2-8,17H,9-11H2,1H3,(H,18,21). The Bertz CT molecular complexity index is 667. The number of nitrogens with one attached hydrogen (secondary N) is 2. The van der Waals surface area contributed by atoms with Crippen LogP contribution < -0.4 is 10.6 Å². The number of benzene rings is 1. The number of nitrogens with zero attached hydrogens (tertiary/aromatic N) is 2. The summed E-state index contributed by atoms with van der Waals surface area (Å²) in [6.07, 6.45) is 3.64. The minimum absolute atomic E-state index is 0.00164. The number of aromatic nitrogens is 2. The van der Waals surface area contributed by atoms with Gasteiger partial charge in [-0.05, 0) is 30.2 Å². The second-order valence-electron chi connectivity index (χ2n) is 5.09. The highest BCUT2D eigenvalue weighted by Gasteiger charge is 2.16. The van der Waals surface area contributed by atoms with E-state index in [1.165, 1.54) is 5.57 Å². The molecule has 108 valence electrons. The smallest absolute Gasteiger partial charge is 0.247 e. The van der Waals surface area contributed by atoms with Crippen molar-refractivity contribution in [1.29, 1.82) is 0 Å². The highest BCUT2D eigenvalue weighted by Crippen LogP contribution is 2.14. The first kappa shape index (κ1) is 13.6. The Balaban J connectivity index is 1.73. The van der Waals surface area contributed by atoms with Gasteiger partial charge in [-0.25, -0.2) is 4.68 Å². The molecular weight excluding hydrogens is 264 g/mol. The number of carbonyl (C=O) groups excluding carboxylic acids is 1. The topological polar surface area (TPSA) is 59.0 Å². The molecule has 2 heterocycles. The summed E-state index contributed by atoms with van der Waals surface area (Å²) in [5.74, 6) is 0.00164. The number of amides is 1. The third-order valence-electron chi connectivity index (χ3n) is 3.73. The normalized spacial score (nSPS) is 13.7. The molecule has 1 aromatic carbocycles. The Morgan fingerprint density at radius 2 is 2.14 bits per heavy atom. The van der Waals surface area contributed by atoms with E-state index in [1.54, 1.807) is 6.20 Å². The average Bonchev–Trinajstić information content (AvgIpc) is 2.97. The third kappa shape index (κ3) is 2.87. The van der Waals surface area contributed by atoms with Gasteiger partial charge in [0, 0.05) is 37.6 Å². The van der Waals surface area contributed by atoms with Crippen molar-refractivity contribution in [2.45, 2.75) is 13.5 Å². The summed E-state index contributed by atoms with van der Waals surface area (Å²) in [4.78, 5) is 12.1. The van der Waals surface area contributed by atoms with Crippen LogP contribution in [0.3, 0.4) is 0 Å². The zero-order valence-electron chi connectivity index (χ0n) is 12.0. The SMILES string of the molecule is CC(C(=O)NCc1ccccc1-n1cccn1)=C1CNC1. The van der Waals surface area contributed by atoms with Crippen LogP contribution in [0.15, 0.2) is 53.9 Å². The quantitative estimate of drug-likeness (QED) is 0.834. The summed E-state index contributed by atoms with van der Waals surface area (Å²) < 4.78 is 1.81. The van der Waals surface area contributed by atoms with Gasteiger partial charge >= 0.3 is 0 Å². The van der Waals surface area contributed by atoms with Crippen LogP contribution in [0.1, 0.15) is 12.5 Å². The molecule has 2 aromatic rings. The molecule has 1 amide bonds. The third-order valence-corrected chi connectivity index (χ3v) is 3.73. The van der Waals surface area contributed by atoms with Gasteiger partial charge in [0.1, 0.15) is 0 Å². The van der Waals surface area contributed by atoms with E-state index in [4.69, 9.17) is 0 Å². The molecule has 0 atom stereocenters. The van der Waals surface area contributed by atoms with E-state index in [0.29, 0.717) is 6.54 Å². The number of carbonyl (C=O) groups is 1. The van der Waals surface area contributed by atoms with E-state index >= 15 is 0 Å². The Morgan fingerprint density at radius 1 is 1.33 bits per heavy atom. The molecule has 21 heavy (non-hydrogen) atoms. The molecule has 3 rings (SSSR count). The maximum absolute atomic E-state index is 12.1. The number of hydrogen-bond donors (Lipinski definition) is 2. The second-order valence-corrected chi connectivity index (χ2v) is 5.09. The number of para-hydroxylation sites is 1. The van der Waals surface area contributed by atoms with Crippen molar-refractivity contribution in [3.8, 4) is 5.69 Å². The first-order valence-corrected chi connectivity index (χ1v) is 7.01. The second kappa shape index (κ2) is 5.93. The van der Waals surface area contributed by atoms with Gasteiger partial charge in [-0.2, -0.15) is 5.10 Å². The van der Waals surface area contributed by atoms with Gasteiger partial charge in [-0.15, -0.1) is 0 Å². The van der Waals surface area contributed by atoms with E-state index in [9.17, 15) is 4.79 Å². The van der Waals surface area contributed by atoms with Crippen LogP contribution in [-0.2, 0) is 11.3 Å². The molecule has 1 aliphatic heterocycles. The molecule has 5 nitrogen and oxygen atoms in total. The summed E-state index contributed by atoms with van der Waals surface area (Å²) in [5.41, 5.74) is 4.04.